The van der Waals surface area contributed by atoms with Crippen molar-refractivity contribution in [2.24, 2.45) is 11.8 Å². The number of carbonyl (C=O) groups is 2. The van der Waals surface area contributed by atoms with Crippen LogP contribution in [0.2, 0.25) is 0 Å². The largest absolute Gasteiger partial charge is 0.508 e. The number of aromatic hydroxyl groups is 3. The highest BCUT2D eigenvalue weighted by Crippen LogP contribution is 2.40. The fourth-order valence-electron chi connectivity index (χ4n) is 5.36. The maximum Gasteiger partial charge on any atom is 0.343 e. The van der Waals surface area contributed by atoms with Gasteiger partial charge in [0.15, 0.2) is 6.10 Å². The van der Waals surface area contributed by atoms with Crippen LogP contribution in [0.15, 0.2) is 60.9 Å². The molecule has 0 aromatic heterocycles. The molecule has 42 heavy (non-hydrogen) atoms. The molecule has 2 saturated heterocycles. The second kappa shape index (κ2) is 12.0. The molecule has 2 aromatic rings. The van der Waals surface area contributed by atoms with Gasteiger partial charge in [0.1, 0.15) is 41.1 Å². The van der Waals surface area contributed by atoms with Crippen LogP contribution in [0.1, 0.15) is 16.8 Å². The summed E-state index contributed by atoms with van der Waals surface area (Å²) < 4.78 is 27.9. The Morgan fingerprint density at radius 3 is 2.57 bits per heavy atom. The molecule has 3 aliphatic rings. The zero-order valence-corrected chi connectivity index (χ0v) is 22.1. The fraction of sp³-hybridized carbons (Fsp3) is 0.379. The van der Waals surface area contributed by atoms with Crippen LogP contribution in [0, 0.1) is 11.8 Å². The van der Waals surface area contributed by atoms with Gasteiger partial charge in [0.2, 0.25) is 12.6 Å². The van der Waals surface area contributed by atoms with Gasteiger partial charge in [0.25, 0.3) is 0 Å². The van der Waals surface area contributed by atoms with Gasteiger partial charge in [-0.25, -0.2) is 9.59 Å². The molecule has 0 spiro atoms. The molecule has 13 nitrogen and oxygen atoms in total. The Morgan fingerprint density at radius 2 is 1.86 bits per heavy atom. The number of cyclic esters (lactones) is 1. The third-order valence-corrected chi connectivity index (χ3v) is 7.48. The van der Waals surface area contributed by atoms with Gasteiger partial charge in [-0.2, -0.15) is 0 Å². The molecule has 0 radical (unpaired) electrons. The van der Waals surface area contributed by atoms with Crippen molar-refractivity contribution in [3.8, 4) is 28.4 Å². The normalized spacial score (nSPS) is 30.7. The fourth-order valence-corrected chi connectivity index (χ4v) is 5.36. The van der Waals surface area contributed by atoms with Crippen LogP contribution in [-0.4, -0.2) is 92.8 Å². The van der Waals surface area contributed by atoms with Crippen LogP contribution in [0.5, 0.6) is 17.2 Å². The number of benzene rings is 2. The zero-order chi connectivity index (χ0) is 30.1. The lowest BCUT2D eigenvalue weighted by molar-refractivity contribution is -0.338. The lowest BCUT2D eigenvalue weighted by Gasteiger charge is -2.44. The van der Waals surface area contributed by atoms with Crippen LogP contribution in [-0.2, 0) is 28.5 Å². The Kier molecular flexibility index (Phi) is 8.38. The minimum Gasteiger partial charge on any atom is -0.508 e. The molecule has 8 atom stereocenters. The zero-order valence-electron chi connectivity index (χ0n) is 22.1. The number of carbonyl (C=O) groups excluding carboxylic acids is 2. The summed E-state index contributed by atoms with van der Waals surface area (Å²) in [6, 6.07) is 7.77. The van der Waals surface area contributed by atoms with Crippen LogP contribution in [0.3, 0.4) is 0 Å². The summed E-state index contributed by atoms with van der Waals surface area (Å²) in [4.78, 5) is 25.7. The monoisotopic (exact) mass is 587 g/mol. The number of ether oxygens (including phenoxy) is 5. The minimum absolute atomic E-state index is 0.00458. The maximum atomic E-state index is 13.5. The summed E-state index contributed by atoms with van der Waals surface area (Å²) in [5.74, 6) is -3.88. The Labute approximate surface area is 239 Å². The van der Waals surface area contributed by atoms with E-state index in [2.05, 4.69) is 6.58 Å². The van der Waals surface area contributed by atoms with Crippen molar-refractivity contribution >= 4 is 11.9 Å². The number of aliphatic hydroxyl groups is 3. The third-order valence-electron chi connectivity index (χ3n) is 7.48. The van der Waals surface area contributed by atoms with Crippen LogP contribution >= 0.6 is 0 Å². The smallest absolute Gasteiger partial charge is 0.343 e. The summed E-state index contributed by atoms with van der Waals surface area (Å²) in [7, 11) is 0. The lowest BCUT2D eigenvalue weighted by Crippen LogP contribution is -2.61. The molecule has 1 unspecified atom stereocenters. The standard InChI is InChI=1S/C29H30O13/c1-2-16-17-6-7-38-26(36)19(17)12-39-28(16)42-29-25(24(35)23(34)21(11-30)40-29)41-27(37)22-18(9-15(32)10-20(22)33)13-4-3-5-14(31)8-13/h2-5,8-10,12,16-17,21,23-25,28-35H,1,6-7,11H2/t16-,17?,21-,23-,24+,25-,28+,29+/m1/s1/i18+1. The first kappa shape index (κ1) is 29.4. The SMILES string of the molecule is C=C[C@@H]1C2CCOC(=O)C2=CO[C@H]1O[C@@H]1O[C@H](CO)[C@@H](O)[C@H](O)[C@H]1OC(=O)c1c(O)cc(O)c[13c]1-c1cccc(O)c1. The number of rotatable bonds is 7. The van der Waals surface area contributed by atoms with Gasteiger partial charge in [-0.05, 0) is 30.2 Å². The first-order chi connectivity index (χ1) is 20.1. The average Bonchev–Trinajstić information content (AvgIpc) is 2.96. The van der Waals surface area contributed by atoms with Gasteiger partial charge in [0, 0.05) is 23.5 Å². The molecule has 3 heterocycles. The maximum absolute atomic E-state index is 13.5. The van der Waals surface area contributed by atoms with E-state index >= 15 is 0 Å². The van der Waals surface area contributed by atoms with E-state index in [0.29, 0.717) is 12.0 Å². The van der Waals surface area contributed by atoms with E-state index in [1.54, 1.807) is 0 Å². The van der Waals surface area contributed by atoms with Crippen LogP contribution in [0.25, 0.3) is 11.1 Å². The molecule has 6 N–H and O–H groups in total. The number of phenolic OH excluding ortho intramolecular Hbond substituents is 3. The molecule has 13 heteroatoms. The van der Waals surface area contributed by atoms with E-state index in [1.165, 1.54) is 42.7 Å². The molecule has 2 fully saturated rings. The van der Waals surface area contributed by atoms with Crippen molar-refractivity contribution in [3.63, 3.8) is 0 Å². The topological polar surface area (TPSA) is 202 Å². The Morgan fingerprint density at radius 1 is 1.07 bits per heavy atom. The molecule has 0 bridgehead atoms. The van der Waals surface area contributed by atoms with Crippen molar-refractivity contribution < 1.29 is 63.9 Å². The number of aliphatic hydroxyl groups excluding tert-OH is 3. The molecular formula is C29H30O13. The van der Waals surface area contributed by atoms with Gasteiger partial charge < -0.3 is 54.3 Å². The highest BCUT2D eigenvalue weighted by Gasteiger charge is 2.50. The highest BCUT2D eigenvalue weighted by molar-refractivity contribution is 6.00. The third kappa shape index (κ3) is 5.52. The summed E-state index contributed by atoms with van der Waals surface area (Å²) in [5.41, 5.74) is 0.119. The number of phenols is 3. The second-order valence-corrected chi connectivity index (χ2v) is 10.1. The van der Waals surface area contributed by atoms with Gasteiger partial charge >= 0.3 is 11.9 Å². The number of hydrogen-bond acceptors (Lipinski definition) is 13. The Hall–Kier alpha value is -4.14. The van der Waals surface area contributed by atoms with Crippen LogP contribution < -0.4 is 0 Å². The number of hydrogen-bond donors (Lipinski definition) is 6. The molecule has 2 aromatic carbocycles. The summed E-state index contributed by atoms with van der Waals surface area (Å²) in [6.45, 7) is 3.27. The number of fused-ring (bicyclic) bond motifs is 1. The first-order valence-electron chi connectivity index (χ1n) is 13.1. The van der Waals surface area contributed by atoms with Gasteiger partial charge in [-0.3, -0.25) is 0 Å². The highest BCUT2D eigenvalue weighted by atomic mass is 16.8. The van der Waals surface area contributed by atoms with E-state index in [9.17, 15) is 40.2 Å². The van der Waals surface area contributed by atoms with E-state index in [-0.39, 0.29) is 35.2 Å². The van der Waals surface area contributed by atoms with Crippen LogP contribution in [0.4, 0.5) is 0 Å². The second-order valence-electron chi connectivity index (χ2n) is 10.1. The van der Waals surface area contributed by atoms with E-state index in [1.807, 2.05) is 0 Å². The van der Waals surface area contributed by atoms with Gasteiger partial charge in [-0.1, -0.05) is 18.2 Å². The van der Waals surface area contributed by atoms with E-state index in [0.717, 1.165) is 6.07 Å². The quantitative estimate of drug-likeness (QED) is 0.198. The molecule has 5 rings (SSSR count). The average molecular weight is 588 g/mol. The van der Waals surface area contributed by atoms with Crippen molar-refractivity contribution in [2.45, 2.75) is 43.4 Å². The lowest BCUT2D eigenvalue weighted by atomic mass is 9.81. The molecule has 3 aliphatic heterocycles. The number of esters is 2. The Bertz CT molecular complexity index is 1390. The predicted molar refractivity (Wildman–Crippen MR) is 141 cm³/mol. The van der Waals surface area contributed by atoms with Crippen molar-refractivity contribution in [1.82, 2.24) is 0 Å². The minimum atomic E-state index is -1.82. The first-order valence-corrected chi connectivity index (χ1v) is 13.1. The van der Waals surface area contributed by atoms with Gasteiger partial charge in [-0.15, -0.1) is 6.58 Å². The van der Waals surface area contributed by atoms with Gasteiger partial charge in [0.05, 0.1) is 25.0 Å². The summed E-state index contributed by atoms with van der Waals surface area (Å²) in [5, 5.41) is 61.9. The van der Waals surface area contributed by atoms with Crippen molar-refractivity contribution in [3.05, 3.63) is 66.5 Å². The Balaban J connectivity index is 1.46. The van der Waals surface area contributed by atoms with Crippen molar-refractivity contribution in [1.29, 1.82) is 0 Å². The summed E-state index contributed by atoms with van der Waals surface area (Å²) in [6.07, 6.45) is -6.13. The van der Waals surface area contributed by atoms with E-state index < -0.39 is 72.8 Å². The molecule has 0 aliphatic carbocycles. The molecule has 224 valence electrons. The molecular weight excluding hydrogens is 557 g/mol. The summed E-state index contributed by atoms with van der Waals surface area (Å²) >= 11 is 0. The predicted octanol–water partition coefficient (Wildman–Crippen LogP) is 1.06. The van der Waals surface area contributed by atoms with Crippen molar-refractivity contribution in [2.75, 3.05) is 13.2 Å². The van der Waals surface area contributed by atoms with E-state index in [4.69, 9.17) is 23.7 Å². The molecule has 0 saturated carbocycles. The molecule has 0 amide bonds.